The highest BCUT2D eigenvalue weighted by atomic mass is 32.2. The van der Waals surface area contributed by atoms with Crippen LogP contribution in [0.3, 0.4) is 0 Å². The minimum absolute atomic E-state index is 0.0862. The number of aryl methyl sites for hydroxylation is 1. The van der Waals surface area contributed by atoms with Crippen molar-refractivity contribution < 1.29 is 22.9 Å². The zero-order valence-electron chi connectivity index (χ0n) is 16.0. The zero-order valence-corrected chi connectivity index (χ0v) is 16.9. The standard InChI is InChI=1S/C19H21N3O6S/c1-13-5-6-14(11-17(13)21-9-3-4-10-29(21,26)27)19(23)20-16-8-7-15(22(24)25)12-18(16)28-2/h5-8,11-12H,3-4,9-10H2,1-2H3,(H,20,23). The van der Waals surface area contributed by atoms with E-state index >= 15 is 0 Å². The number of sulfonamides is 1. The number of anilines is 2. The highest BCUT2D eigenvalue weighted by molar-refractivity contribution is 7.92. The molecule has 1 aliphatic rings. The van der Waals surface area contributed by atoms with E-state index in [1.165, 1.54) is 29.6 Å². The van der Waals surface area contributed by atoms with Crippen molar-refractivity contribution in [3.8, 4) is 5.75 Å². The molecule has 3 rings (SSSR count). The maximum atomic E-state index is 12.7. The summed E-state index contributed by atoms with van der Waals surface area (Å²) in [6.07, 6.45) is 1.38. The first-order valence-corrected chi connectivity index (χ1v) is 10.6. The Morgan fingerprint density at radius 2 is 1.97 bits per heavy atom. The number of nitro groups is 1. The van der Waals surface area contributed by atoms with Crippen LogP contribution in [-0.2, 0) is 10.0 Å². The van der Waals surface area contributed by atoms with E-state index in [9.17, 15) is 23.3 Å². The molecule has 0 aromatic heterocycles. The summed E-state index contributed by atoms with van der Waals surface area (Å²) in [5.74, 6) is -0.241. The molecule has 1 amide bonds. The summed E-state index contributed by atoms with van der Waals surface area (Å²) in [5, 5.41) is 13.6. The molecule has 0 aliphatic carbocycles. The SMILES string of the molecule is COc1cc([N+](=O)[O-])ccc1NC(=O)c1ccc(C)c(N2CCCCS2(=O)=O)c1. The largest absolute Gasteiger partial charge is 0.494 e. The van der Waals surface area contributed by atoms with Gasteiger partial charge in [-0.3, -0.25) is 19.2 Å². The van der Waals surface area contributed by atoms with Crippen molar-refractivity contribution in [2.24, 2.45) is 0 Å². The van der Waals surface area contributed by atoms with Gasteiger partial charge in [0.15, 0.2) is 0 Å². The number of nitrogens with zero attached hydrogens (tertiary/aromatic N) is 2. The van der Waals surface area contributed by atoms with E-state index in [-0.39, 0.29) is 28.4 Å². The van der Waals surface area contributed by atoms with Gasteiger partial charge >= 0.3 is 0 Å². The Labute approximate surface area is 168 Å². The van der Waals surface area contributed by atoms with Gasteiger partial charge in [-0.1, -0.05) is 6.07 Å². The predicted octanol–water partition coefficient (Wildman–Crippen LogP) is 3.09. The Hall–Kier alpha value is -3.14. The first kappa shape index (κ1) is 20.6. The number of non-ortho nitro benzene ring substituents is 1. The highest BCUT2D eigenvalue weighted by Crippen LogP contribution is 2.31. The smallest absolute Gasteiger partial charge is 0.273 e. The molecule has 0 spiro atoms. The Morgan fingerprint density at radius 3 is 2.62 bits per heavy atom. The Kier molecular flexibility index (Phi) is 5.73. The summed E-state index contributed by atoms with van der Waals surface area (Å²) in [7, 11) is -2.06. The highest BCUT2D eigenvalue weighted by Gasteiger charge is 2.27. The third-order valence-electron chi connectivity index (χ3n) is 4.73. The van der Waals surface area contributed by atoms with Gasteiger partial charge in [0.2, 0.25) is 10.0 Å². The van der Waals surface area contributed by atoms with Crippen molar-refractivity contribution in [1.29, 1.82) is 0 Å². The molecule has 2 aromatic rings. The molecule has 154 valence electrons. The maximum Gasteiger partial charge on any atom is 0.273 e. The number of benzene rings is 2. The molecular weight excluding hydrogens is 398 g/mol. The van der Waals surface area contributed by atoms with Crippen molar-refractivity contribution in [1.82, 2.24) is 0 Å². The van der Waals surface area contributed by atoms with Crippen LogP contribution in [0.25, 0.3) is 0 Å². The summed E-state index contributed by atoms with van der Waals surface area (Å²) >= 11 is 0. The number of ether oxygens (including phenoxy) is 1. The van der Waals surface area contributed by atoms with E-state index < -0.39 is 20.9 Å². The lowest BCUT2D eigenvalue weighted by atomic mass is 10.1. The minimum Gasteiger partial charge on any atom is -0.494 e. The van der Waals surface area contributed by atoms with Crippen LogP contribution in [0.1, 0.15) is 28.8 Å². The van der Waals surface area contributed by atoms with Crippen LogP contribution in [0.4, 0.5) is 17.1 Å². The number of nitrogens with one attached hydrogen (secondary N) is 1. The summed E-state index contributed by atoms with van der Waals surface area (Å²) in [6.45, 7) is 2.17. The van der Waals surface area contributed by atoms with Gasteiger partial charge in [0.25, 0.3) is 11.6 Å². The van der Waals surface area contributed by atoms with Crippen LogP contribution in [0.15, 0.2) is 36.4 Å². The number of hydrogen-bond acceptors (Lipinski definition) is 6. The van der Waals surface area contributed by atoms with E-state index in [0.717, 1.165) is 12.0 Å². The quantitative estimate of drug-likeness (QED) is 0.588. The number of amides is 1. The van der Waals surface area contributed by atoms with Crippen LogP contribution in [-0.4, -0.2) is 38.7 Å². The molecule has 1 heterocycles. The van der Waals surface area contributed by atoms with Crippen LogP contribution in [0.2, 0.25) is 0 Å². The van der Waals surface area contributed by atoms with Gasteiger partial charge in [-0.2, -0.15) is 0 Å². The molecule has 1 fully saturated rings. The van der Waals surface area contributed by atoms with Gasteiger partial charge in [0.05, 0.1) is 35.2 Å². The summed E-state index contributed by atoms with van der Waals surface area (Å²) in [5.41, 5.74) is 1.61. The van der Waals surface area contributed by atoms with Gasteiger partial charge in [0, 0.05) is 18.2 Å². The third-order valence-corrected chi connectivity index (χ3v) is 6.59. The second kappa shape index (κ2) is 8.08. The molecule has 0 radical (unpaired) electrons. The van der Waals surface area contributed by atoms with Crippen LogP contribution < -0.4 is 14.4 Å². The molecule has 10 heteroatoms. The van der Waals surface area contributed by atoms with Crippen LogP contribution in [0.5, 0.6) is 5.75 Å². The predicted molar refractivity (Wildman–Crippen MR) is 109 cm³/mol. The van der Waals surface area contributed by atoms with Crippen molar-refractivity contribution in [3.05, 3.63) is 57.6 Å². The monoisotopic (exact) mass is 419 g/mol. The average molecular weight is 419 g/mol. The number of carbonyl (C=O) groups excluding carboxylic acids is 1. The van der Waals surface area contributed by atoms with Gasteiger partial charge in [-0.15, -0.1) is 0 Å². The minimum atomic E-state index is -3.41. The molecule has 29 heavy (non-hydrogen) atoms. The maximum absolute atomic E-state index is 12.7. The second-order valence-corrected chi connectivity index (χ2v) is 8.71. The van der Waals surface area contributed by atoms with Crippen molar-refractivity contribution in [3.63, 3.8) is 0 Å². The summed E-state index contributed by atoms with van der Waals surface area (Å²) in [4.78, 5) is 23.1. The molecule has 0 unspecified atom stereocenters. The Bertz CT molecular complexity index is 1070. The molecule has 0 atom stereocenters. The molecule has 1 saturated heterocycles. The fraction of sp³-hybridized carbons (Fsp3) is 0.316. The van der Waals surface area contributed by atoms with E-state index in [2.05, 4.69) is 5.32 Å². The van der Waals surface area contributed by atoms with Crippen LogP contribution >= 0.6 is 0 Å². The molecule has 1 N–H and O–H groups in total. The number of nitro benzene ring substituents is 1. The van der Waals surface area contributed by atoms with Crippen molar-refractivity contribution in [2.45, 2.75) is 19.8 Å². The summed E-state index contributed by atoms with van der Waals surface area (Å²) in [6, 6.07) is 8.71. The van der Waals surface area contributed by atoms with Crippen LogP contribution in [0, 0.1) is 17.0 Å². The number of carbonyl (C=O) groups is 1. The lowest BCUT2D eigenvalue weighted by Crippen LogP contribution is -2.38. The molecule has 1 aliphatic heterocycles. The number of rotatable bonds is 5. The van der Waals surface area contributed by atoms with Gasteiger partial charge in [0.1, 0.15) is 5.75 Å². The third kappa shape index (κ3) is 4.32. The van der Waals surface area contributed by atoms with E-state index in [1.54, 1.807) is 25.1 Å². The number of methoxy groups -OCH3 is 1. The molecule has 0 bridgehead atoms. The van der Waals surface area contributed by atoms with E-state index in [4.69, 9.17) is 4.74 Å². The Balaban J connectivity index is 1.90. The van der Waals surface area contributed by atoms with Gasteiger partial charge in [-0.05, 0) is 43.5 Å². The average Bonchev–Trinajstić information content (AvgIpc) is 2.68. The van der Waals surface area contributed by atoms with E-state index in [1.807, 2.05) is 0 Å². The fourth-order valence-electron chi connectivity index (χ4n) is 3.17. The lowest BCUT2D eigenvalue weighted by Gasteiger charge is -2.29. The Morgan fingerprint density at radius 1 is 1.21 bits per heavy atom. The molecule has 2 aromatic carbocycles. The van der Waals surface area contributed by atoms with E-state index in [0.29, 0.717) is 18.7 Å². The first-order valence-electron chi connectivity index (χ1n) is 8.98. The first-order chi connectivity index (χ1) is 13.7. The second-order valence-electron chi connectivity index (χ2n) is 6.69. The van der Waals surface area contributed by atoms with Gasteiger partial charge < -0.3 is 10.1 Å². The zero-order chi connectivity index (χ0) is 21.2. The van der Waals surface area contributed by atoms with Crippen molar-refractivity contribution >= 4 is 33.0 Å². The topological polar surface area (TPSA) is 119 Å². The van der Waals surface area contributed by atoms with Crippen molar-refractivity contribution in [2.75, 3.05) is 29.0 Å². The van der Waals surface area contributed by atoms with Gasteiger partial charge in [-0.25, -0.2) is 8.42 Å². The lowest BCUT2D eigenvalue weighted by molar-refractivity contribution is -0.384. The molecule has 0 saturated carbocycles. The molecular formula is C19H21N3O6S. The molecule has 9 nitrogen and oxygen atoms in total. The summed E-state index contributed by atoms with van der Waals surface area (Å²) < 4.78 is 31.3. The fourth-order valence-corrected chi connectivity index (χ4v) is 4.86. The number of hydrogen-bond donors (Lipinski definition) is 1. The normalized spacial score (nSPS) is 15.6.